The molecule has 6 amide bonds. The number of nitrogens with zero attached hydrogens (tertiary/aromatic N) is 2. The number of ether oxygens (including phenoxy) is 6. The highest BCUT2D eigenvalue weighted by Gasteiger charge is 2.47. The van der Waals surface area contributed by atoms with Crippen LogP contribution >= 0.6 is 0 Å². The molecular formula is C70H68N4O12. The Hall–Kier alpha value is -9.38. The van der Waals surface area contributed by atoms with Crippen LogP contribution in [0.3, 0.4) is 0 Å². The molecule has 2 unspecified atom stereocenters. The summed E-state index contributed by atoms with van der Waals surface area (Å²) in [4.78, 5) is 94.4. The largest absolute Gasteiger partial charge is 0.457 e. The van der Waals surface area contributed by atoms with Crippen molar-refractivity contribution in [2.24, 2.45) is 11.8 Å². The van der Waals surface area contributed by atoms with Gasteiger partial charge < -0.3 is 39.1 Å². The maximum atomic E-state index is 15.9. The molecule has 16 nitrogen and oxygen atoms in total. The maximum Gasteiger partial charge on any atom is 0.262 e. The van der Waals surface area contributed by atoms with Gasteiger partial charge in [-0.2, -0.15) is 0 Å². The molecule has 440 valence electrons. The first kappa shape index (κ1) is 58.4. The number of fused-ring (bicyclic) bond motifs is 2. The lowest BCUT2D eigenvalue weighted by Crippen LogP contribution is -2.56. The Bertz CT molecular complexity index is 3670. The molecule has 16 heteroatoms. The second-order valence-electron chi connectivity index (χ2n) is 22.7. The first-order valence-corrected chi connectivity index (χ1v) is 29.2. The molecule has 0 aromatic heterocycles. The summed E-state index contributed by atoms with van der Waals surface area (Å²) >= 11 is 0. The van der Waals surface area contributed by atoms with Crippen LogP contribution in [0.4, 0.5) is 0 Å². The first-order chi connectivity index (χ1) is 41.4. The molecule has 0 saturated carbocycles. The van der Waals surface area contributed by atoms with Crippen LogP contribution in [-0.2, 0) is 19.1 Å². The lowest BCUT2D eigenvalue weighted by atomic mass is 9.80. The van der Waals surface area contributed by atoms with Crippen molar-refractivity contribution in [1.82, 2.24) is 20.4 Å². The summed E-state index contributed by atoms with van der Waals surface area (Å²) in [5.41, 5.74) is 4.01. The normalized spacial score (nSPS) is 13.9. The number of rotatable bonds is 22. The summed E-state index contributed by atoms with van der Waals surface area (Å²) in [6.45, 7) is 20.2. The molecule has 0 fully saturated rings. The molecule has 0 spiro atoms. The quantitative estimate of drug-likeness (QED) is 0.0283. The fraction of sp³-hybridized carbons (Fsp3) is 0.286. The molecule has 2 N–H and O–H groups in total. The fourth-order valence-corrected chi connectivity index (χ4v) is 11.7. The molecule has 0 radical (unpaired) electrons. The third-order valence-electron chi connectivity index (χ3n) is 15.8. The van der Waals surface area contributed by atoms with E-state index in [4.69, 9.17) is 28.4 Å². The maximum absolute atomic E-state index is 15.9. The monoisotopic (exact) mass is 1160 g/mol. The molecule has 0 aliphatic carbocycles. The number of carbonyl (C=O) groups excluding carboxylic acids is 6. The van der Waals surface area contributed by atoms with Crippen LogP contribution in [-0.4, -0.2) is 96.8 Å². The third kappa shape index (κ3) is 10.7. The molecule has 2 aliphatic heterocycles. The Balaban J connectivity index is 1.32. The highest BCUT2D eigenvalue weighted by atomic mass is 16.5. The second kappa shape index (κ2) is 23.9. The standard InChI is InChI=1S/C70H68N4O12/c1-11-81-31-29-71-65(75)63(37(3)4)73-67(77)47-33-51(83-43-21-13-39(7)14-22-43)57-59-53(85-45-25-17-41(9)18-26-45)35-49-56-50(70(80)74(69(49)79)64(38(5)6)66(76)72-30-32-82-12-2)36-54(86-46-27-19-42(10)20-28-46)60(62(56)59)58-52(84-44-23-15-40(8)16-24-44)34-48(68(73)78)55(47)61(57)58/h13-28,33-38,63-64H,11-12,29-32H2,1-10H3,(H,71,75)(H,72,76). The Labute approximate surface area is 498 Å². The van der Waals surface area contributed by atoms with E-state index in [0.717, 1.165) is 32.1 Å². The van der Waals surface area contributed by atoms with E-state index >= 15 is 19.2 Å². The van der Waals surface area contributed by atoms with Gasteiger partial charge in [0.05, 0.1) is 35.5 Å². The fourth-order valence-electron chi connectivity index (χ4n) is 11.7. The van der Waals surface area contributed by atoms with Crippen LogP contribution < -0.4 is 29.6 Å². The molecule has 86 heavy (non-hydrogen) atoms. The predicted molar refractivity (Wildman–Crippen MR) is 330 cm³/mol. The Morgan fingerprint density at radius 2 is 0.628 bits per heavy atom. The van der Waals surface area contributed by atoms with E-state index in [2.05, 4.69) is 10.6 Å². The zero-order valence-electron chi connectivity index (χ0n) is 49.9. The smallest absolute Gasteiger partial charge is 0.262 e. The SMILES string of the molecule is CCOCCNC(=O)C(C(C)C)N1C(=O)c2cc(Oc3ccc(C)cc3)c3c4c(Oc5ccc(C)cc5)cc5c6c(cc(Oc7ccc(C)cc7)c(c7c(Oc8ccc(C)cc8)cc(c2c37)C1=O)c64)C(=O)N(C(C(=O)NCCOCC)C(C)C)C5=O. The second-order valence-corrected chi connectivity index (χ2v) is 22.7. The number of hydrogen-bond donors (Lipinski definition) is 2. The number of carbonyl (C=O) groups is 6. The van der Waals surface area contributed by atoms with E-state index in [9.17, 15) is 9.59 Å². The third-order valence-corrected chi connectivity index (χ3v) is 15.8. The Morgan fingerprint density at radius 3 is 0.849 bits per heavy atom. The average Bonchev–Trinajstić information content (AvgIpc) is 0.705. The lowest BCUT2D eigenvalue weighted by Gasteiger charge is -2.37. The first-order valence-electron chi connectivity index (χ1n) is 29.2. The van der Waals surface area contributed by atoms with E-state index in [1.165, 1.54) is 0 Å². The number of hydrogen-bond acceptors (Lipinski definition) is 12. The zero-order chi connectivity index (χ0) is 60.8. The van der Waals surface area contributed by atoms with E-state index < -0.39 is 59.4 Å². The number of imide groups is 2. The van der Waals surface area contributed by atoms with Gasteiger partial charge in [-0.1, -0.05) is 98.5 Å². The lowest BCUT2D eigenvalue weighted by molar-refractivity contribution is -0.127. The summed E-state index contributed by atoms with van der Waals surface area (Å²) in [6.07, 6.45) is 0. The molecule has 2 aliphatic rings. The molecule has 9 aromatic rings. The van der Waals surface area contributed by atoms with E-state index in [1.54, 1.807) is 100 Å². The summed E-state index contributed by atoms with van der Waals surface area (Å²) in [6, 6.07) is 33.3. The summed E-state index contributed by atoms with van der Waals surface area (Å²) in [7, 11) is 0. The minimum absolute atomic E-state index is 0.0488. The van der Waals surface area contributed by atoms with Gasteiger partial charge in [0.25, 0.3) is 23.6 Å². The van der Waals surface area contributed by atoms with Crippen molar-refractivity contribution in [2.45, 2.75) is 81.3 Å². The molecule has 11 rings (SSSR count). The van der Waals surface area contributed by atoms with Crippen LogP contribution in [0.25, 0.3) is 43.1 Å². The van der Waals surface area contributed by atoms with Gasteiger partial charge in [-0.15, -0.1) is 0 Å². The van der Waals surface area contributed by atoms with Gasteiger partial charge in [0.2, 0.25) is 11.8 Å². The van der Waals surface area contributed by atoms with Gasteiger partial charge in [0, 0.05) is 69.4 Å². The predicted octanol–water partition coefficient (Wildman–Crippen LogP) is 13.7. The average molecular weight is 1160 g/mol. The highest BCUT2D eigenvalue weighted by Crippen LogP contribution is 2.58. The van der Waals surface area contributed by atoms with Gasteiger partial charge in [-0.25, -0.2) is 0 Å². The molecule has 2 heterocycles. The summed E-state index contributed by atoms with van der Waals surface area (Å²) in [5.74, 6) is -3.16. The minimum Gasteiger partial charge on any atom is -0.457 e. The molecule has 0 saturated heterocycles. The molecule has 0 bridgehead atoms. The van der Waals surface area contributed by atoms with Crippen molar-refractivity contribution in [3.05, 3.63) is 166 Å². The van der Waals surface area contributed by atoms with Crippen LogP contribution in [0.2, 0.25) is 0 Å². The van der Waals surface area contributed by atoms with Gasteiger partial charge in [0.15, 0.2) is 0 Å². The van der Waals surface area contributed by atoms with Crippen molar-refractivity contribution >= 4 is 78.5 Å². The molecular weight excluding hydrogens is 1090 g/mol. The van der Waals surface area contributed by atoms with Crippen LogP contribution in [0, 0.1) is 39.5 Å². The topological polar surface area (TPSA) is 188 Å². The van der Waals surface area contributed by atoms with Crippen molar-refractivity contribution in [3.8, 4) is 46.0 Å². The Kier molecular flexibility index (Phi) is 16.3. The van der Waals surface area contributed by atoms with Crippen molar-refractivity contribution in [3.63, 3.8) is 0 Å². The van der Waals surface area contributed by atoms with Crippen LogP contribution in [0.1, 0.15) is 105 Å². The summed E-state index contributed by atoms with van der Waals surface area (Å²) in [5, 5.41) is 8.20. The molecule has 9 aromatic carbocycles. The van der Waals surface area contributed by atoms with Gasteiger partial charge >= 0.3 is 0 Å². The van der Waals surface area contributed by atoms with Gasteiger partial charge in [-0.3, -0.25) is 38.6 Å². The van der Waals surface area contributed by atoms with Crippen molar-refractivity contribution in [2.75, 3.05) is 39.5 Å². The number of benzene rings is 9. The zero-order valence-corrected chi connectivity index (χ0v) is 49.9. The van der Waals surface area contributed by atoms with E-state index in [1.807, 2.05) is 90.1 Å². The molecule has 2 atom stereocenters. The van der Waals surface area contributed by atoms with Crippen LogP contribution in [0.15, 0.2) is 121 Å². The summed E-state index contributed by atoms with van der Waals surface area (Å²) < 4.78 is 39.4. The number of nitrogens with one attached hydrogen (secondary N) is 2. The van der Waals surface area contributed by atoms with Crippen molar-refractivity contribution < 1.29 is 57.2 Å². The highest BCUT2D eigenvalue weighted by molar-refractivity contribution is 6.45. The van der Waals surface area contributed by atoms with Crippen molar-refractivity contribution in [1.29, 1.82) is 0 Å². The number of amides is 6. The van der Waals surface area contributed by atoms with E-state index in [0.29, 0.717) is 68.5 Å². The minimum atomic E-state index is -1.28. The van der Waals surface area contributed by atoms with E-state index in [-0.39, 0.29) is 82.3 Å². The Morgan fingerprint density at radius 1 is 0.384 bits per heavy atom. The van der Waals surface area contributed by atoms with Gasteiger partial charge in [0.1, 0.15) is 58.1 Å². The number of aryl methyl sites for hydroxylation is 4. The van der Waals surface area contributed by atoms with Crippen LogP contribution in [0.5, 0.6) is 46.0 Å². The van der Waals surface area contributed by atoms with Gasteiger partial charge in [-0.05, 0) is 126 Å².